The van der Waals surface area contributed by atoms with Gasteiger partial charge in [-0.05, 0) is 56.0 Å². The molecule has 3 rings (SSSR count). The van der Waals surface area contributed by atoms with Crippen LogP contribution in [-0.4, -0.2) is 29.1 Å². The average molecular weight is 302 g/mol. The number of aromatic nitrogens is 2. The van der Waals surface area contributed by atoms with E-state index in [-0.39, 0.29) is 0 Å². The van der Waals surface area contributed by atoms with E-state index in [4.69, 9.17) is 5.73 Å². The van der Waals surface area contributed by atoms with Crippen LogP contribution < -0.4 is 11.1 Å². The van der Waals surface area contributed by atoms with Crippen molar-refractivity contribution in [1.29, 1.82) is 0 Å². The molecule has 3 unspecified atom stereocenters. The van der Waals surface area contributed by atoms with Gasteiger partial charge in [0.25, 0.3) is 0 Å². The highest BCUT2D eigenvalue weighted by molar-refractivity contribution is 7.09. The van der Waals surface area contributed by atoms with Crippen molar-refractivity contribution < 1.29 is 0 Å². The van der Waals surface area contributed by atoms with Crippen molar-refractivity contribution >= 4 is 11.3 Å². The van der Waals surface area contributed by atoms with Crippen LogP contribution >= 0.6 is 11.3 Å². The predicted octanol–water partition coefficient (Wildman–Crippen LogP) is 2.42. The molecule has 3 N–H and O–H groups in total. The third-order valence-electron chi connectivity index (χ3n) is 4.42. The monoisotopic (exact) mass is 302 g/mol. The second-order valence-electron chi connectivity index (χ2n) is 5.66. The molecule has 21 heavy (non-hydrogen) atoms. The summed E-state index contributed by atoms with van der Waals surface area (Å²) in [7, 11) is 0. The molecule has 1 aliphatic heterocycles. The molecule has 0 bridgehead atoms. The Kier molecular flexibility index (Phi) is 4.63. The number of nitrogens with two attached hydrogens (primary N) is 1. The van der Waals surface area contributed by atoms with Gasteiger partial charge in [-0.2, -0.15) is 0 Å². The summed E-state index contributed by atoms with van der Waals surface area (Å²) in [6.07, 6.45) is 7.92. The SMILES string of the molecule is Cc1ccncc1C1CCNC(CCN)C1c1nccs1. The van der Waals surface area contributed by atoms with Crippen LogP contribution in [0.25, 0.3) is 0 Å². The molecule has 3 atom stereocenters. The van der Waals surface area contributed by atoms with E-state index in [1.165, 1.54) is 16.1 Å². The number of thiazole rings is 1. The lowest BCUT2D eigenvalue weighted by molar-refractivity contribution is 0.299. The van der Waals surface area contributed by atoms with Crippen LogP contribution in [0.5, 0.6) is 0 Å². The number of nitrogens with one attached hydrogen (secondary N) is 1. The Morgan fingerprint density at radius 3 is 3.05 bits per heavy atom. The number of rotatable bonds is 4. The van der Waals surface area contributed by atoms with Crippen molar-refractivity contribution in [3.05, 3.63) is 46.2 Å². The quantitative estimate of drug-likeness (QED) is 0.910. The highest BCUT2D eigenvalue weighted by Gasteiger charge is 2.36. The van der Waals surface area contributed by atoms with Crippen molar-refractivity contribution in [2.75, 3.05) is 13.1 Å². The van der Waals surface area contributed by atoms with E-state index < -0.39 is 0 Å². The molecule has 2 aromatic rings. The molecule has 2 aromatic heterocycles. The van der Waals surface area contributed by atoms with Crippen LogP contribution in [0.2, 0.25) is 0 Å². The fourth-order valence-corrected chi connectivity index (χ4v) is 4.30. The topological polar surface area (TPSA) is 63.8 Å². The maximum atomic E-state index is 5.82. The van der Waals surface area contributed by atoms with Crippen LogP contribution in [0.4, 0.5) is 0 Å². The smallest absolute Gasteiger partial charge is 0.0977 e. The van der Waals surface area contributed by atoms with Gasteiger partial charge in [0.05, 0.1) is 5.01 Å². The van der Waals surface area contributed by atoms with Crippen LogP contribution in [-0.2, 0) is 0 Å². The van der Waals surface area contributed by atoms with Crippen molar-refractivity contribution in [2.24, 2.45) is 5.73 Å². The second kappa shape index (κ2) is 6.64. The van der Waals surface area contributed by atoms with Crippen LogP contribution in [0.1, 0.15) is 40.8 Å². The molecular weight excluding hydrogens is 280 g/mol. The van der Waals surface area contributed by atoms with Gasteiger partial charge in [-0.15, -0.1) is 11.3 Å². The fourth-order valence-electron chi connectivity index (χ4n) is 3.43. The Labute approximate surface area is 129 Å². The molecule has 0 spiro atoms. The maximum absolute atomic E-state index is 5.82. The number of hydrogen-bond acceptors (Lipinski definition) is 5. The van der Waals surface area contributed by atoms with Gasteiger partial charge < -0.3 is 11.1 Å². The van der Waals surface area contributed by atoms with Crippen molar-refractivity contribution in [2.45, 2.75) is 37.6 Å². The van der Waals surface area contributed by atoms with Crippen molar-refractivity contribution in [1.82, 2.24) is 15.3 Å². The first kappa shape index (κ1) is 14.6. The molecule has 3 heterocycles. The van der Waals surface area contributed by atoms with E-state index in [9.17, 15) is 0 Å². The van der Waals surface area contributed by atoms with Crippen molar-refractivity contribution in [3.8, 4) is 0 Å². The van der Waals surface area contributed by atoms with E-state index in [0.29, 0.717) is 24.4 Å². The third kappa shape index (κ3) is 3.00. The third-order valence-corrected chi connectivity index (χ3v) is 5.30. The van der Waals surface area contributed by atoms with E-state index >= 15 is 0 Å². The Morgan fingerprint density at radius 2 is 2.33 bits per heavy atom. The molecule has 0 aromatic carbocycles. The van der Waals surface area contributed by atoms with Gasteiger partial charge in [-0.25, -0.2) is 4.98 Å². The summed E-state index contributed by atoms with van der Waals surface area (Å²) < 4.78 is 0. The minimum atomic E-state index is 0.394. The van der Waals surface area contributed by atoms with Crippen LogP contribution in [0, 0.1) is 6.92 Å². The molecule has 1 saturated heterocycles. The summed E-state index contributed by atoms with van der Waals surface area (Å²) in [5.74, 6) is 0.868. The van der Waals surface area contributed by atoms with Gasteiger partial charge in [0.2, 0.25) is 0 Å². The summed E-state index contributed by atoms with van der Waals surface area (Å²) in [6, 6.07) is 2.51. The average Bonchev–Trinajstić information content (AvgIpc) is 3.02. The summed E-state index contributed by atoms with van der Waals surface area (Å²) >= 11 is 1.75. The Balaban J connectivity index is 1.98. The number of aryl methyl sites for hydroxylation is 1. The molecule has 1 fully saturated rings. The molecule has 0 aliphatic carbocycles. The van der Waals surface area contributed by atoms with Gasteiger partial charge in [-0.3, -0.25) is 4.98 Å². The second-order valence-corrected chi connectivity index (χ2v) is 6.59. The summed E-state index contributed by atoms with van der Waals surface area (Å²) in [4.78, 5) is 8.94. The van der Waals surface area contributed by atoms with E-state index in [0.717, 1.165) is 19.4 Å². The Bertz CT molecular complexity index is 567. The molecule has 0 radical (unpaired) electrons. The Hall–Kier alpha value is -1.30. The number of piperidine rings is 1. The van der Waals surface area contributed by atoms with Gasteiger partial charge >= 0.3 is 0 Å². The first-order chi connectivity index (χ1) is 10.3. The van der Waals surface area contributed by atoms with Gasteiger partial charge in [0, 0.05) is 35.9 Å². The normalized spacial score (nSPS) is 25.9. The first-order valence-electron chi connectivity index (χ1n) is 7.54. The zero-order valence-corrected chi connectivity index (χ0v) is 13.1. The van der Waals surface area contributed by atoms with Gasteiger partial charge in [0.15, 0.2) is 0 Å². The lowest BCUT2D eigenvalue weighted by Gasteiger charge is -2.38. The summed E-state index contributed by atoms with van der Waals surface area (Å²) in [6.45, 7) is 3.92. The van der Waals surface area contributed by atoms with E-state index in [1.807, 2.05) is 18.6 Å². The summed E-state index contributed by atoms with van der Waals surface area (Å²) in [5, 5.41) is 6.93. The fraction of sp³-hybridized carbons (Fsp3) is 0.500. The number of pyridine rings is 1. The molecular formula is C16H22N4S. The Morgan fingerprint density at radius 1 is 1.43 bits per heavy atom. The number of nitrogens with zero attached hydrogens (tertiary/aromatic N) is 2. The minimum Gasteiger partial charge on any atom is -0.330 e. The molecule has 4 nitrogen and oxygen atoms in total. The van der Waals surface area contributed by atoms with Crippen LogP contribution in [0.3, 0.4) is 0 Å². The predicted molar refractivity (Wildman–Crippen MR) is 86.6 cm³/mol. The van der Waals surface area contributed by atoms with E-state index in [1.54, 1.807) is 11.3 Å². The molecule has 0 amide bonds. The van der Waals surface area contributed by atoms with Gasteiger partial charge in [-0.1, -0.05) is 0 Å². The zero-order valence-electron chi connectivity index (χ0n) is 12.3. The molecule has 5 heteroatoms. The first-order valence-corrected chi connectivity index (χ1v) is 8.42. The number of hydrogen-bond donors (Lipinski definition) is 2. The lowest BCUT2D eigenvalue weighted by atomic mass is 9.75. The molecule has 1 aliphatic rings. The standard InChI is InChI=1S/C16H22N4S/c1-11-3-6-18-10-13(11)12-4-7-19-14(2-5-17)15(12)16-20-8-9-21-16/h3,6,8-10,12,14-15,19H,2,4-5,7,17H2,1H3. The highest BCUT2D eigenvalue weighted by Crippen LogP contribution is 2.42. The zero-order chi connectivity index (χ0) is 14.7. The van der Waals surface area contributed by atoms with Gasteiger partial charge in [0.1, 0.15) is 0 Å². The summed E-state index contributed by atoms with van der Waals surface area (Å²) in [5.41, 5.74) is 8.51. The minimum absolute atomic E-state index is 0.394. The van der Waals surface area contributed by atoms with E-state index in [2.05, 4.69) is 33.7 Å². The maximum Gasteiger partial charge on any atom is 0.0977 e. The largest absolute Gasteiger partial charge is 0.330 e. The van der Waals surface area contributed by atoms with Crippen molar-refractivity contribution in [3.63, 3.8) is 0 Å². The van der Waals surface area contributed by atoms with Crippen LogP contribution in [0.15, 0.2) is 30.0 Å². The highest BCUT2D eigenvalue weighted by atomic mass is 32.1. The lowest BCUT2D eigenvalue weighted by Crippen LogP contribution is -2.45. The molecule has 112 valence electrons. The molecule has 0 saturated carbocycles.